The zero-order valence-corrected chi connectivity index (χ0v) is 22.8. The van der Waals surface area contributed by atoms with E-state index in [9.17, 15) is 9.59 Å². The number of nitrogens with zero attached hydrogens (tertiary/aromatic N) is 6. The molecule has 2 aromatic heterocycles. The number of benzene rings is 1. The normalized spacial score (nSPS) is 17.4. The fourth-order valence-electron chi connectivity index (χ4n) is 4.73. The van der Waals surface area contributed by atoms with Crippen molar-refractivity contribution in [2.75, 3.05) is 31.9 Å². The molecule has 1 saturated heterocycles. The molecule has 188 valence electrons. The Balaban J connectivity index is 1.53. The van der Waals surface area contributed by atoms with Gasteiger partial charge in [0.1, 0.15) is 16.9 Å². The van der Waals surface area contributed by atoms with E-state index in [4.69, 9.17) is 16.6 Å². The summed E-state index contributed by atoms with van der Waals surface area (Å²) in [5, 5.41) is 10.5. The number of carbonyl (C=O) groups excluding carboxylic acids is 2. The van der Waals surface area contributed by atoms with E-state index in [2.05, 4.69) is 36.7 Å². The minimum atomic E-state index is -0.499. The van der Waals surface area contributed by atoms with Gasteiger partial charge in [0.15, 0.2) is 5.82 Å². The first kappa shape index (κ1) is 25.0. The van der Waals surface area contributed by atoms with Gasteiger partial charge in [0.05, 0.1) is 17.9 Å². The van der Waals surface area contributed by atoms with Gasteiger partial charge in [-0.2, -0.15) is 12.6 Å². The molecule has 0 unspecified atom stereocenters. The first-order valence-electron chi connectivity index (χ1n) is 11.8. The van der Waals surface area contributed by atoms with Gasteiger partial charge in [-0.15, -0.1) is 21.5 Å². The SMILES string of the molecule is Cc1sc2c(c1C)C(c1ccc(Cl)cc1)=N[C@@H](CC(=O)N1CCN(C(=O)CS)CC1)c1nnc(C)n1-2. The minimum Gasteiger partial charge on any atom is -0.339 e. The number of thiol groups is 1. The largest absolute Gasteiger partial charge is 0.339 e. The second kappa shape index (κ2) is 9.99. The molecule has 8 nitrogen and oxygen atoms in total. The van der Waals surface area contributed by atoms with Gasteiger partial charge in [0.25, 0.3) is 0 Å². The predicted octanol–water partition coefficient (Wildman–Crippen LogP) is 3.79. The molecule has 5 rings (SSSR count). The van der Waals surface area contributed by atoms with Gasteiger partial charge < -0.3 is 9.80 Å². The molecule has 4 heterocycles. The highest BCUT2D eigenvalue weighted by Crippen LogP contribution is 2.39. The molecule has 3 aromatic rings. The highest BCUT2D eigenvalue weighted by Gasteiger charge is 2.34. The van der Waals surface area contributed by atoms with Crippen LogP contribution in [0.15, 0.2) is 29.3 Å². The number of amides is 2. The Bertz CT molecular complexity index is 1360. The van der Waals surface area contributed by atoms with Crippen molar-refractivity contribution >= 4 is 53.1 Å². The average molecular weight is 543 g/mol. The number of aliphatic imine (C=N–C) groups is 1. The van der Waals surface area contributed by atoms with Gasteiger partial charge in [-0.1, -0.05) is 23.7 Å². The monoisotopic (exact) mass is 542 g/mol. The molecule has 0 aliphatic carbocycles. The van der Waals surface area contributed by atoms with Gasteiger partial charge in [-0.25, -0.2) is 0 Å². The van der Waals surface area contributed by atoms with Crippen LogP contribution in [0.2, 0.25) is 5.02 Å². The quantitative estimate of drug-likeness (QED) is 0.508. The number of rotatable bonds is 4. The highest BCUT2D eigenvalue weighted by molar-refractivity contribution is 7.81. The Kier molecular flexibility index (Phi) is 6.93. The van der Waals surface area contributed by atoms with Crippen LogP contribution in [0, 0.1) is 20.8 Å². The zero-order chi connectivity index (χ0) is 25.6. The molecule has 0 spiro atoms. The van der Waals surface area contributed by atoms with Crippen molar-refractivity contribution in [1.82, 2.24) is 24.6 Å². The number of aryl methyl sites for hydroxylation is 2. The smallest absolute Gasteiger partial charge is 0.232 e. The van der Waals surface area contributed by atoms with E-state index in [0.717, 1.165) is 33.2 Å². The standard InChI is InChI=1S/C25H27ClN6O2S2/c1-14-15(2)36-25-22(14)23(17-4-6-18(26)7-5-17)27-19(24-29-28-16(3)32(24)25)12-20(33)30-8-10-31(11-9-30)21(34)13-35/h4-7,19,35H,8-13H2,1-3H3/t19-/m0/s1. The summed E-state index contributed by atoms with van der Waals surface area (Å²) in [6, 6.07) is 7.15. The van der Waals surface area contributed by atoms with E-state index in [1.807, 2.05) is 40.7 Å². The molecule has 1 aromatic carbocycles. The van der Waals surface area contributed by atoms with Gasteiger partial charge in [0, 0.05) is 47.2 Å². The average Bonchev–Trinajstić information content (AvgIpc) is 3.36. The van der Waals surface area contributed by atoms with E-state index in [1.165, 1.54) is 4.88 Å². The van der Waals surface area contributed by atoms with E-state index >= 15 is 0 Å². The van der Waals surface area contributed by atoms with Gasteiger partial charge in [-0.05, 0) is 38.5 Å². The molecule has 0 radical (unpaired) electrons. The lowest BCUT2D eigenvalue weighted by Crippen LogP contribution is -2.51. The Hall–Kier alpha value is -2.69. The highest BCUT2D eigenvalue weighted by atomic mass is 35.5. The van der Waals surface area contributed by atoms with E-state index in [0.29, 0.717) is 37.0 Å². The Labute approximate surface area is 224 Å². The van der Waals surface area contributed by atoms with Crippen molar-refractivity contribution in [3.8, 4) is 5.00 Å². The van der Waals surface area contributed by atoms with Crippen molar-refractivity contribution in [3.05, 3.63) is 62.5 Å². The third kappa shape index (κ3) is 4.46. The fourth-order valence-corrected chi connectivity index (χ4v) is 6.27. The Morgan fingerprint density at radius 1 is 1.03 bits per heavy atom. The molecule has 36 heavy (non-hydrogen) atoms. The molecule has 1 atom stereocenters. The van der Waals surface area contributed by atoms with E-state index < -0.39 is 6.04 Å². The summed E-state index contributed by atoms with van der Waals surface area (Å²) in [6.45, 7) is 8.15. The summed E-state index contributed by atoms with van der Waals surface area (Å²) in [5.74, 6) is 1.58. The summed E-state index contributed by atoms with van der Waals surface area (Å²) >= 11 is 11.9. The second-order valence-electron chi connectivity index (χ2n) is 9.03. The molecule has 2 aliphatic heterocycles. The maximum Gasteiger partial charge on any atom is 0.232 e. The second-order valence-corrected chi connectivity index (χ2v) is 11.0. The van der Waals surface area contributed by atoms with Crippen LogP contribution in [0.1, 0.15) is 45.7 Å². The molecule has 0 saturated carbocycles. The van der Waals surface area contributed by atoms with E-state index in [-0.39, 0.29) is 24.0 Å². The lowest BCUT2D eigenvalue weighted by atomic mass is 9.99. The number of aromatic nitrogens is 3. The molecule has 11 heteroatoms. The first-order chi connectivity index (χ1) is 17.3. The summed E-state index contributed by atoms with van der Waals surface area (Å²) in [5.41, 5.74) is 3.96. The summed E-state index contributed by atoms with van der Waals surface area (Å²) in [6.07, 6.45) is 0.169. The Morgan fingerprint density at radius 3 is 2.31 bits per heavy atom. The van der Waals surface area contributed by atoms with Crippen LogP contribution >= 0.6 is 35.6 Å². The number of thiophene rings is 1. The van der Waals surface area contributed by atoms with Crippen LogP contribution in [0.25, 0.3) is 5.00 Å². The molecular weight excluding hydrogens is 516 g/mol. The Morgan fingerprint density at radius 2 is 1.67 bits per heavy atom. The molecule has 2 amide bonds. The van der Waals surface area contributed by atoms with Crippen LogP contribution in [-0.2, 0) is 9.59 Å². The van der Waals surface area contributed by atoms with Crippen LogP contribution in [0.5, 0.6) is 0 Å². The van der Waals surface area contributed by atoms with Crippen LogP contribution in [0.4, 0.5) is 0 Å². The minimum absolute atomic E-state index is 0.00760. The van der Waals surface area contributed by atoms with Crippen molar-refractivity contribution in [2.45, 2.75) is 33.2 Å². The number of hydrogen-bond donors (Lipinski definition) is 1. The maximum atomic E-state index is 13.4. The first-order valence-corrected chi connectivity index (χ1v) is 13.6. The van der Waals surface area contributed by atoms with Gasteiger partial charge >= 0.3 is 0 Å². The van der Waals surface area contributed by atoms with Crippen molar-refractivity contribution < 1.29 is 9.59 Å². The summed E-state index contributed by atoms with van der Waals surface area (Å²) < 4.78 is 2.05. The molecule has 1 fully saturated rings. The maximum absolute atomic E-state index is 13.4. The zero-order valence-electron chi connectivity index (χ0n) is 20.4. The molecular formula is C25H27ClN6O2S2. The van der Waals surface area contributed by atoms with Crippen LogP contribution in [0.3, 0.4) is 0 Å². The topological polar surface area (TPSA) is 83.7 Å². The van der Waals surface area contributed by atoms with Gasteiger partial charge in [-0.3, -0.25) is 19.1 Å². The molecule has 0 bridgehead atoms. The van der Waals surface area contributed by atoms with Crippen molar-refractivity contribution in [2.24, 2.45) is 4.99 Å². The fraction of sp³-hybridized carbons (Fsp3) is 0.400. The molecule has 2 aliphatic rings. The third-order valence-electron chi connectivity index (χ3n) is 6.85. The number of halogens is 1. The van der Waals surface area contributed by atoms with Crippen molar-refractivity contribution in [1.29, 1.82) is 0 Å². The lowest BCUT2D eigenvalue weighted by Gasteiger charge is -2.35. The van der Waals surface area contributed by atoms with Gasteiger partial charge in [0.2, 0.25) is 11.8 Å². The predicted molar refractivity (Wildman–Crippen MR) is 145 cm³/mol. The number of hydrogen-bond acceptors (Lipinski definition) is 7. The summed E-state index contributed by atoms with van der Waals surface area (Å²) in [7, 11) is 0. The van der Waals surface area contributed by atoms with Crippen molar-refractivity contribution in [3.63, 3.8) is 0 Å². The summed E-state index contributed by atoms with van der Waals surface area (Å²) in [4.78, 5) is 35.3. The number of piperazine rings is 1. The van der Waals surface area contributed by atoms with Crippen LogP contribution in [-0.4, -0.2) is 74.0 Å². The lowest BCUT2D eigenvalue weighted by molar-refractivity contribution is -0.138. The number of carbonyl (C=O) groups is 2. The number of fused-ring (bicyclic) bond motifs is 3. The molecule has 0 N–H and O–H groups in total. The van der Waals surface area contributed by atoms with E-state index in [1.54, 1.807) is 16.2 Å². The third-order valence-corrected chi connectivity index (χ3v) is 8.56. The van der Waals surface area contributed by atoms with Crippen LogP contribution < -0.4 is 0 Å².